The first-order valence-electron chi connectivity index (χ1n) is 15.1. The zero-order chi connectivity index (χ0) is 30.8. The number of para-hydroxylation sites is 1. The van der Waals surface area contributed by atoms with E-state index in [1.807, 2.05) is 24.3 Å². The number of hydrogen-bond donors (Lipinski definition) is 0. The molecule has 11 nitrogen and oxygen atoms in total. The van der Waals surface area contributed by atoms with Crippen molar-refractivity contribution in [1.29, 1.82) is 0 Å². The molecule has 2 aliphatic heterocycles. The van der Waals surface area contributed by atoms with Crippen molar-refractivity contribution in [2.24, 2.45) is 0 Å². The van der Waals surface area contributed by atoms with Gasteiger partial charge in [0.15, 0.2) is 0 Å². The Morgan fingerprint density at radius 1 is 1.09 bits per heavy atom. The Labute approximate surface area is 255 Å². The van der Waals surface area contributed by atoms with Crippen LogP contribution in [0.15, 0.2) is 68.9 Å². The molecule has 0 saturated carbocycles. The van der Waals surface area contributed by atoms with Crippen molar-refractivity contribution < 1.29 is 23.4 Å². The van der Waals surface area contributed by atoms with E-state index in [0.29, 0.717) is 49.0 Å². The number of fused-ring (bicyclic) bond motifs is 1. The van der Waals surface area contributed by atoms with Crippen LogP contribution in [0.25, 0.3) is 22.4 Å². The summed E-state index contributed by atoms with van der Waals surface area (Å²) in [6, 6.07) is 12.7. The van der Waals surface area contributed by atoms with Gasteiger partial charge < -0.3 is 23.5 Å². The third-order valence-corrected chi connectivity index (χ3v) is 8.66. The van der Waals surface area contributed by atoms with E-state index in [4.69, 9.17) is 18.6 Å². The van der Waals surface area contributed by atoms with Gasteiger partial charge >= 0.3 is 5.69 Å². The Balaban J connectivity index is 1.54. The highest BCUT2D eigenvalue weighted by atomic mass is 16.5. The number of likely N-dealkylation sites (tertiary alicyclic amines) is 1. The van der Waals surface area contributed by atoms with E-state index in [1.54, 1.807) is 48.6 Å². The second-order valence-electron chi connectivity index (χ2n) is 11.8. The average Bonchev–Trinajstić information content (AvgIpc) is 3.78. The molecule has 2 aromatic heterocycles. The lowest BCUT2D eigenvalue weighted by Gasteiger charge is -2.32. The molecule has 0 unspecified atom stereocenters. The Morgan fingerprint density at radius 2 is 1.84 bits per heavy atom. The monoisotopic (exact) mass is 602 g/mol. The molecule has 6 rings (SSSR count). The highest BCUT2D eigenvalue weighted by Crippen LogP contribution is 2.32. The summed E-state index contributed by atoms with van der Waals surface area (Å²) in [6.07, 6.45) is 5.53. The third-order valence-electron chi connectivity index (χ3n) is 8.66. The van der Waals surface area contributed by atoms with E-state index in [-0.39, 0.29) is 23.9 Å². The summed E-state index contributed by atoms with van der Waals surface area (Å²) in [7, 11) is 1.60. The quantitative estimate of drug-likeness (QED) is 0.281. The molecule has 11 heteroatoms. The molecule has 0 bridgehead atoms. The van der Waals surface area contributed by atoms with Crippen molar-refractivity contribution in [3.63, 3.8) is 0 Å². The lowest BCUT2D eigenvalue weighted by Crippen LogP contribution is -2.56. The van der Waals surface area contributed by atoms with Gasteiger partial charge in [0.2, 0.25) is 11.8 Å². The second kappa shape index (κ2) is 12.4. The zero-order valence-electron chi connectivity index (χ0n) is 25.4. The van der Waals surface area contributed by atoms with Gasteiger partial charge in [-0.15, -0.1) is 0 Å². The molecule has 2 fully saturated rings. The maximum Gasteiger partial charge on any atom is 0.332 e. The molecular weight excluding hydrogens is 564 g/mol. The fraction of sp³-hybridized carbons (Fsp3) is 0.455. The number of carbonyl (C=O) groups is 1. The van der Waals surface area contributed by atoms with Crippen LogP contribution in [0.2, 0.25) is 0 Å². The highest BCUT2D eigenvalue weighted by molar-refractivity contribution is 5.86. The van der Waals surface area contributed by atoms with Crippen LogP contribution in [0.4, 0.5) is 0 Å². The molecule has 4 aromatic rings. The summed E-state index contributed by atoms with van der Waals surface area (Å²) in [5.41, 5.74) is -0.783. The van der Waals surface area contributed by atoms with Crippen LogP contribution >= 0.6 is 0 Å². The molecule has 1 atom stereocenters. The van der Waals surface area contributed by atoms with Gasteiger partial charge in [-0.05, 0) is 63.8 Å². The molecule has 0 radical (unpaired) electrons. The van der Waals surface area contributed by atoms with Crippen molar-refractivity contribution in [1.82, 2.24) is 19.0 Å². The number of oxazole rings is 1. The van der Waals surface area contributed by atoms with Gasteiger partial charge in [-0.2, -0.15) is 0 Å². The number of rotatable bonds is 9. The largest absolute Gasteiger partial charge is 0.496 e. The van der Waals surface area contributed by atoms with Crippen LogP contribution in [-0.4, -0.2) is 64.4 Å². The summed E-state index contributed by atoms with van der Waals surface area (Å²) < 4.78 is 26.1. The molecule has 2 aliphatic rings. The Morgan fingerprint density at radius 3 is 2.55 bits per heavy atom. The SMILES string of the molecule is COc1ccccc1[C@H](Cn1c(=O)n(C(C)(C)C(=O)N2CCCC2)c(=O)c2cc(-c3ncco3)ccc21)OC1CCOCC1. The topological polar surface area (TPSA) is 118 Å². The minimum Gasteiger partial charge on any atom is -0.496 e. The zero-order valence-corrected chi connectivity index (χ0v) is 25.4. The lowest BCUT2D eigenvalue weighted by molar-refractivity contribution is -0.138. The molecular formula is C33H38N4O7. The average molecular weight is 603 g/mol. The fourth-order valence-electron chi connectivity index (χ4n) is 6.30. The first-order valence-corrected chi connectivity index (χ1v) is 15.1. The molecule has 0 aliphatic carbocycles. The number of amides is 1. The van der Waals surface area contributed by atoms with E-state index in [9.17, 15) is 14.4 Å². The number of aromatic nitrogens is 3. The molecule has 232 valence electrons. The molecule has 44 heavy (non-hydrogen) atoms. The van der Waals surface area contributed by atoms with Gasteiger partial charge in [0.25, 0.3) is 5.56 Å². The van der Waals surface area contributed by atoms with Crippen LogP contribution < -0.4 is 16.0 Å². The van der Waals surface area contributed by atoms with Crippen molar-refractivity contribution in [2.45, 2.75) is 63.8 Å². The first kappa shape index (κ1) is 29.8. The lowest BCUT2D eigenvalue weighted by atomic mass is 10.0. The summed E-state index contributed by atoms with van der Waals surface area (Å²) in [5.74, 6) is 0.715. The van der Waals surface area contributed by atoms with Gasteiger partial charge in [-0.25, -0.2) is 14.3 Å². The molecule has 0 spiro atoms. The Bertz CT molecular complexity index is 1750. The fourth-order valence-corrected chi connectivity index (χ4v) is 6.30. The molecule has 1 amide bonds. The molecule has 4 heterocycles. The maximum atomic E-state index is 14.5. The minimum absolute atomic E-state index is 0.0830. The molecule has 2 aromatic carbocycles. The number of carbonyl (C=O) groups excluding carboxylic acids is 1. The Hall–Kier alpha value is -4.22. The third kappa shape index (κ3) is 5.57. The highest BCUT2D eigenvalue weighted by Gasteiger charge is 2.39. The summed E-state index contributed by atoms with van der Waals surface area (Å²) >= 11 is 0. The van der Waals surface area contributed by atoms with Crippen molar-refractivity contribution in [2.75, 3.05) is 33.4 Å². The minimum atomic E-state index is -1.44. The molecule has 2 saturated heterocycles. The van der Waals surface area contributed by atoms with Crippen LogP contribution in [0, 0.1) is 0 Å². The van der Waals surface area contributed by atoms with Gasteiger partial charge in [0.1, 0.15) is 23.7 Å². The summed E-state index contributed by atoms with van der Waals surface area (Å²) in [6.45, 7) is 5.74. The second-order valence-corrected chi connectivity index (χ2v) is 11.8. The van der Waals surface area contributed by atoms with E-state index >= 15 is 0 Å². The van der Waals surface area contributed by atoms with Crippen molar-refractivity contribution in [3.05, 3.63) is 81.3 Å². The van der Waals surface area contributed by atoms with Crippen molar-refractivity contribution in [3.8, 4) is 17.2 Å². The number of nitrogens with zero attached hydrogens (tertiary/aromatic N) is 4. The molecule has 0 N–H and O–H groups in total. The van der Waals surface area contributed by atoms with Gasteiger partial charge in [-0.1, -0.05) is 18.2 Å². The van der Waals surface area contributed by atoms with Gasteiger partial charge in [-0.3, -0.25) is 14.2 Å². The van der Waals surface area contributed by atoms with E-state index in [0.717, 1.165) is 35.8 Å². The predicted molar refractivity (Wildman–Crippen MR) is 164 cm³/mol. The number of benzene rings is 2. The van der Waals surface area contributed by atoms with Gasteiger partial charge in [0.05, 0.1) is 36.9 Å². The summed E-state index contributed by atoms with van der Waals surface area (Å²) in [4.78, 5) is 48.5. The predicted octanol–water partition coefficient (Wildman–Crippen LogP) is 4.12. The first-order chi connectivity index (χ1) is 21.3. The van der Waals surface area contributed by atoms with Gasteiger partial charge in [0, 0.05) is 37.4 Å². The van der Waals surface area contributed by atoms with E-state index in [2.05, 4.69) is 4.98 Å². The summed E-state index contributed by atoms with van der Waals surface area (Å²) in [5, 5.41) is 0.271. The van der Waals surface area contributed by atoms with Crippen molar-refractivity contribution >= 4 is 16.8 Å². The Kier molecular flexibility index (Phi) is 8.42. The van der Waals surface area contributed by atoms with Crippen LogP contribution in [0.3, 0.4) is 0 Å². The van der Waals surface area contributed by atoms with E-state index in [1.165, 1.54) is 12.5 Å². The number of ether oxygens (including phenoxy) is 3. The smallest absolute Gasteiger partial charge is 0.332 e. The van der Waals surface area contributed by atoms with Crippen LogP contribution in [0.5, 0.6) is 5.75 Å². The standard InChI is InChI=1S/C33H38N4O7/c1-33(2,31(39)35-15-6-7-16-35)37-30(38)25-20-22(29-34-14-19-43-29)10-11-26(25)36(32(37)40)21-28(44-23-12-17-42-18-13-23)24-8-4-5-9-27(24)41-3/h4-5,8-11,14,19-20,23,28H,6-7,12-13,15-18,21H2,1-3H3/t28-/m0/s1. The van der Waals surface area contributed by atoms with Crippen LogP contribution in [-0.2, 0) is 26.4 Å². The van der Waals surface area contributed by atoms with E-state index < -0.39 is 22.9 Å². The number of hydrogen-bond acceptors (Lipinski definition) is 8. The van der Waals surface area contributed by atoms with Crippen LogP contribution in [0.1, 0.15) is 51.2 Å². The normalized spacial score (nSPS) is 16.8. The number of methoxy groups -OCH3 is 1. The maximum absolute atomic E-state index is 14.5.